The Morgan fingerprint density at radius 3 is 2.82 bits per heavy atom. The predicted molar refractivity (Wildman–Crippen MR) is 88.0 cm³/mol. The summed E-state index contributed by atoms with van der Waals surface area (Å²) >= 11 is 8.97. The van der Waals surface area contributed by atoms with E-state index in [1.54, 1.807) is 7.11 Å². The summed E-state index contributed by atoms with van der Waals surface area (Å²) in [5, 5.41) is 2.91. The summed E-state index contributed by atoms with van der Waals surface area (Å²) < 4.78 is 19.6. The quantitative estimate of drug-likeness (QED) is 0.786. The van der Waals surface area contributed by atoms with Crippen molar-refractivity contribution >= 4 is 33.4 Å². The van der Waals surface area contributed by atoms with Crippen LogP contribution in [-0.4, -0.2) is 13.0 Å². The smallest absolute Gasteiger partial charge is 0.254 e. The van der Waals surface area contributed by atoms with Gasteiger partial charge in [0.05, 0.1) is 17.7 Å². The zero-order chi connectivity index (χ0) is 16.3. The van der Waals surface area contributed by atoms with Crippen molar-refractivity contribution < 1.29 is 13.9 Å². The average Bonchev–Trinajstić information content (AvgIpc) is 2.49. The molecule has 0 unspecified atom stereocenters. The van der Waals surface area contributed by atoms with Gasteiger partial charge in [-0.15, -0.1) is 0 Å². The van der Waals surface area contributed by atoms with Crippen molar-refractivity contribution in [3.05, 3.63) is 62.3 Å². The van der Waals surface area contributed by atoms with Gasteiger partial charge in [-0.2, -0.15) is 0 Å². The predicted octanol–water partition coefficient (Wildman–Crippen LogP) is 4.49. The fraction of sp³-hybridized carbons (Fsp3) is 0.188. The molecular weight excluding hydrogens is 373 g/mol. The Morgan fingerprint density at radius 1 is 1.41 bits per heavy atom. The van der Waals surface area contributed by atoms with E-state index in [1.165, 1.54) is 6.07 Å². The van der Waals surface area contributed by atoms with Gasteiger partial charge in [-0.25, -0.2) is 4.39 Å². The van der Waals surface area contributed by atoms with Gasteiger partial charge >= 0.3 is 0 Å². The number of ether oxygens (including phenoxy) is 1. The van der Waals surface area contributed by atoms with Crippen LogP contribution in [0.3, 0.4) is 0 Å². The fourth-order valence-corrected chi connectivity index (χ4v) is 2.55. The molecule has 2 aromatic carbocycles. The van der Waals surface area contributed by atoms with E-state index in [0.29, 0.717) is 10.2 Å². The first-order valence-electron chi connectivity index (χ1n) is 6.49. The lowest BCUT2D eigenvalue weighted by atomic mass is 10.1. The number of carbonyl (C=O) groups is 1. The van der Waals surface area contributed by atoms with Gasteiger partial charge in [0, 0.05) is 16.6 Å². The van der Waals surface area contributed by atoms with Crippen molar-refractivity contribution in [2.45, 2.75) is 13.5 Å². The van der Waals surface area contributed by atoms with Crippen molar-refractivity contribution in [2.75, 3.05) is 7.11 Å². The highest BCUT2D eigenvalue weighted by atomic mass is 79.9. The highest BCUT2D eigenvalue weighted by Crippen LogP contribution is 2.26. The Labute approximate surface area is 141 Å². The van der Waals surface area contributed by atoms with Crippen molar-refractivity contribution in [3.63, 3.8) is 0 Å². The topological polar surface area (TPSA) is 38.3 Å². The van der Waals surface area contributed by atoms with Crippen LogP contribution in [-0.2, 0) is 6.54 Å². The second-order valence-corrected chi connectivity index (χ2v) is 5.95. The van der Waals surface area contributed by atoms with E-state index < -0.39 is 11.7 Å². The molecule has 116 valence electrons. The molecule has 0 spiro atoms. The number of rotatable bonds is 4. The monoisotopic (exact) mass is 385 g/mol. The number of carbonyl (C=O) groups excluding carboxylic acids is 1. The first-order chi connectivity index (χ1) is 10.4. The Balaban J connectivity index is 2.19. The van der Waals surface area contributed by atoms with Gasteiger partial charge < -0.3 is 10.1 Å². The van der Waals surface area contributed by atoms with Gasteiger partial charge in [0.25, 0.3) is 5.91 Å². The van der Waals surface area contributed by atoms with Crippen LogP contribution in [0, 0.1) is 12.7 Å². The minimum Gasteiger partial charge on any atom is -0.496 e. The molecule has 1 amide bonds. The van der Waals surface area contributed by atoms with Crippen LogP contribution in [0.1, 0.15) is 21.5 Å². The van der Waals surface area contributed by atoms with Crippen LogP contribution in [0.25, 0.3) is 0 Å². The third-order valence-electron chi connectivity index (χ3n) is 3.27. The molecule has 6 heteroatoms. The zero-order valence-electron chi connectivity index (χ0n) is 12.0. The molecule has 1 N–H and O–H groups in total. The molecule has 0 aliphatic carbocycles. The first-order valence-corrected chi connectivity index (χ1v) is 7.66. The lowest BCUT2D eigenvalue weighted by molar-refractivity contribution is 0.0946. The molecule has 0 radical (unpaired) electrons. The number of hydrogen-bond donors (Lipinski definition) is 1. The summed E-state index contributed by atoms with van der Waals surface area (Å²) in [5.41, 5.74) is 1.77. The van der Waals surface area contributed by atoms with Crippen LogP contribution >= 0.6 is 27.5 Å². The fourth-order valence-electron chi connectivity index (χ4n) is 2.05. The normalized spacial score (nSPS) is 10.4. The summed E-state index contributed by atoms with van der Waals surface area (Å²) in [4.78, 5) is 12.2. The number of aryl methyl sites for hydroxylation is 1. The van der Waals surface area contributed by atoms with E-state index in [4.69, 9.17) is 16.3 Å². The summed E-state index contributed by atoms with van der Waals surface area (Å²) in [7, 11) is 1.57. The third kappa shape index (κ3) is 3.59. The molecule has 22 heavy (non-hydrogen) atoms. The van der Waals surface area contributed by atoms with Gasteiger partial charge in [-0.05, 0) is 46.6 Å². The Morgan fingerprint density at radius 2 is 2.14 bits per heavy atom. The molecular formula is C16H14BrClFNO2. The second-order valence-electron chi connectivity index (χ2n) is 4.68. The number of hydrogen-bond acceptors (Lipinski definition) is 2. The highest BCUT2D eigenvalue weighted by molar-refractivity contribution is 9.10. The maximum atomic E-state index is 13.8. The number of halogens is 3. The number of methoxy groups -OCH3 is 1. The van der Waals surface area contributed by atoms with Crippen LogP contribution in [0.4, 0.5) is 4.39 Å². The Kier molecular flexibility index (Phi) is 5.42. The minimum atomic E-state index is -0.664. The van der Waals surface area contributed by atoms with Gasteiger partial charge in [0.2, 0.25) is 0 Å². The number of benzene rings is 2. The molecule has 0 atom stereocenters. The van der Waals surface area contributed by atoms with E-state index in [2.05, 4.69) is 21.2 Å². The van der Waals surface area contributed by atoms with Crippen LogP contribution in [0.2, 0.25) is 5.02 Å². The zero-order valence-corrected chi connectivity index (χ0v) is 14.4. The molecule has 0 bridgehead atoms. The van der Waals surface area contributed by atoms with Crippen LogP contribution < -0.4 is 10.1 Å². The summed E-state index contributed by atoms with van der Waals surface area (Å²) in [5.74, 6) is -0.499. The van der Waals surface area contributed by atoms with E-state index in [1.807, 2.05) is 25.1 Å². The maximum Gasteiger partial charge on any atom is 0.254 e. The molecule has 2 aromatic rings. The number of nitrogens with one attached hydrogen (secondary N) is 1. The van der Waals surface area contributed by atoms with Crippen LogP contribution in [0.15, 0.2) is 34.8 Å². The minimum absolute atomic E-state index is 0.0659. The van der Waals surface area contributed by atoms with E-state index in [9.17, 15) is 9.18 Å². The van der Waals surface area contributed by atoms with Crippen LogP contribution in [0.5, 0.6) is 5.75 Å². The van der Waals surface area contributed by atoms with Gasteiger partial charge in [0.1, 0.15) is 11.6 Å². The molecule has 0 aliphatic rings. The maximum absolute atomic E-state index is 13.8. The molecule has 0 saturated carbocycles. The summed E-state index contributed by atoms with van der Waals surface area (Å²) in [6.07, 6.45) is 0. The number of amides is 1. The Bertz CT molecular complexity index is 722. The van der Waals surface area contributed by atoms with Crippen molar-refractivity contribution in [3.8, 4) is 5.75 Å². The second kappa shape index (κ2) is 7.11. The van der Waals surface area contributed by atoms with Crippen molar-refractivity contribution in [1.29, 1.82) is 0 Å². The summed E-state index contributed by atoms with van der Waals surface area (Å²) in [6.45, 7) is 2.16. The molecule has 0 fully saturated rings. The van der Waals surface area contributed by atoms with Gasteiger partial charge in [-0.1, -0.05) is 23.7 Å². The molecule has 0 heterocycles. The molecule has 0 saturated heterocycles. The standard InChI is InChI=1S/C16H14BrClFNO2/c1-9-4-3-5-15(22-2)11(9)8-20-16(21)10-6-12(17)13(18)7-14(10)19/h3-7H,8H2,1-2H3,(H,20,21). The van der Waals surface area contributed by atoms with E-state index in [-0.39, 0.29) is 17.1 Å². The third-order valence-corrected chi connectivity index (χ3v) is 4.46. The lowest BCUT2D eigenvalue weighted by Gasteiger charge is -2.13. The summed E-state index contributed by atoms with van der Waals surface area (Å²) in [6, 6.07) is 8.07. The largest absolute Gasteiger partial charge is 0.496 e. The lowest BCUT2D eigenvalue weighted by Crippen LogP contribution is -2.24. The van der Waals surface area contributed by atoms with Gasteiger partial charge in [-0.3, -0.25) is 4.79 Å². The average molecular weight is 387 g/mol. The van der Waals surface area contributed by atoms with Crippen molar-refractivity contribution in [2.24, 2.45) is 0 Å². The molecule has 0 aromatic heterocycles. The molecule has 0 aliphatic heterocycles. The van der Waals surface area contributed by atoms with Gasteiger partial charge in [0.15, 0.2) is 0 Å². The SMILES string of the molecule is COc1cccc(C)c1CNC(=O)c1cc(Br)c(Cl)cc1F. The first kappa shape index (κ1) is 16.8. The van der Waals surface area contributed by atoms with Crippen molar-refractivity contribution in [1.82, 2.24) is 5.32 Å². The Hall–Kier alpha value is -1.59. The highest BCUT2D eigenvalue weighted by Gasteiger charge is 2.15. The molecule has 2 rings (SSSR count). The molecule has 3 nitrogen and oxygen atoms in total. The van der Waals surface area contributed by atoms with E-state index >= 15 is 0 Å². The van der Waals surface area contributed by atoms with E-state index in [0.717, 1.165) is 17.2 Å².